The highest BCUT2D eigenvalue weighted by Crippen LogP contribution is 2.23. The maximum Gasteiger partial charge on any atom is 0.140 e. The second kappa shape index (κ2) is 2.48. The van der Waals surface area contributed by atoms with E-state index in [4.69, 9.17) is 5.73 Å². The van der Waals surface area contributed by atoms with Crippen LogP contribution in [0.15, 0.2) is 36.4 Å². The molecule has 0 unspecified atom stereocenters. The number of benzene rings is 1. The van der Waals surface area contributed by atoms with Crippen molar-refractivity contribution in [1.29, 1.82) is 0 Å². The number of nitrogens with one attached hydrogen (secondary N) is 1. The minimum absolute atomic E-state index is 0.545. The van der Waals surface area contributed by atoms with Crippen LogP contribution < -0.4 is 5.73 Å². The fraction of sp³-hybridized carbons (Fsp3) is 0. The van der Waals surface area contributed by atoms with Gasteiger partial charge < -0.3 is 10.7 Å². The van der Waals surface area contributed by atoms with Crippen LogP contribution in [0.1, 0.15) is 0 Å². The predicted molar refractivity (Wildman–Crippen MR) is 58.0 cm³/mol. The minimum atomic E-state index is 0.545. The Kier molecular flexibility index (Phi) is 1.31. The molecule has 0 atom stereocenters. The van der Waals surface area contributed by atoms with Crippen LogP contribution in [0.2, 0.25) is 0 Å². The van der Waals surface area contributed by atoms with Crippen LogP contribution >= 0.6 is 0 Å². The third-order valence-corrected chi connectivity index (χ3v) is 2.39. The van der Waals surface area contributed by atoms with Crippen molar-refractivity contribution in [3.8, 4) is 0 Å². The number of aromatic nitrogens is 2. The molecule has 0 bridgehead atoms. The first kappa shape index (κ1) is 7.38. The van der Waals surface area contributed by atoms with Gasteiger partial charge in [-0.05, 0) is 18.2 Å². The molecular formula is C11H9N3. The number of anilines is 1. The summed E-state index contributed by atoms with van der Waals surface area (Å²) in [4.78, 5) is 7.46. The fourth-order valence-corrected chi connectivity index (χ4v) is 1.74. The highest BCUT2D eigenvalue weighted by molar-refractivity contribution is 6.05. The molecule has 0 aliphatic carbocycles. The van der Waals surface area contributed by atoms with Crippen LogP contribution in [0.3, 0.4) is 0 Å². The summed E-state index contributed by atoms with van der Waals surface area (Å²) in [6, 6.07) is 11.9. The van der Waals surface area contributed by atoms with Crippen molar-refractivity contribution in [3.63, 3.8) is 0 Å². The van der Waals surface area contributed by atoms with Gasteiger partial charge in [-0.15, -0.1) is 0 Å². The Morgan fingerprint density at radius 3 is 2.79 bits per heavy atom. The monoisotopic (exact) mass is 183 g/mol. The summed E-state index contributed by atoms with van der Waals surface area (Å²) in [6.07, 6.45) is 0. The highest BCUT2D eigenvalue weighted by atomic mass is 14.9. The van der Waals surface area contributed by atoms with E-state index >= 15 is 0 Å². The highest BCUT2D eigenvalue weighted by Gasteiger charge is 2.03. The Morgan fingerprint density at radius 1 is 1.00 bits per heavy atom. The number of aromatic amines is 1. The van der Waals surface area contributed by atoms with Gasteiger partial charge in [0.05, 0.1) is 0 Å². The van der Waals surface area contributed by atoms with Gasteiger partial charge in [-0.3, -0.25) is 0 Å². The first-order valence-corrected chi connectivity index (χ1v) is 4.47. The maximum atomic E-state index is 5.61. The summed E-state index contributed by atoms with van der Waals surface area (Å²) in [6.45, 7) is 0. The van der Waals surface area contributed by atoms with E-state index in [1.165, 1.54) is 5.39 Å². The predicted octanol–water partition coefficient (Wildman–Crippen LogP) is 2.30. The molecule has 0 saturated heterocycles. The van der Waals surface area contributed by atoms with Gasteiger partial charge in [-0.1, -0.05) is 18.2 Å². The van der Waals surface area contributed by atoms with E-state index in [9.17, 15) is 0 Å². The van der Waals surface area contributed by atoms with Crippen LogP contribution in [0, 0.1) is 0 Å². The van der Waals surface area contributed by atoms with Gasteiger partial charge in [0.25, 0.3) is 0 Å². The Labute approximate surface area is 80.6 Å². The zero-order valence-electron chi connectivity index (χ0n) is 7.49. The average Bonchev–Trinajstić information content (AvgIpc) is 2.54. The van der Waals surface area contributed by atoms with Gasteiger partial charge in [-0.25, -0.2) is 4.98 Å². The molecule has 0 aliphatic rings. The smallest absolute Gasteiger partial charge is 0.140 e. The molecule has 3 aromatic rings. The third-order valence-electron chi connectivity index (χ3n) is 2.39. The summed E-state index contributed by atoms with van der Waals surface area (Å²) >= 11 is 0. The van der Waals surface area contributed by atoms with Crippen molar-refractivity contribution in [2.24, 2.45) is 0 Å². The van der Waals surface area contributed by atoms with Gasteiger partial charge in [0, 0.05) is 16.3 Å². The van der Waals surface area contributed by atoms with Crippen molar-refractivity contribution >= 4 is 27.8 Å². The first-order valence-electron chi connectivity index (χ1n) is 4.47. The zero-order valence-corrected chi connectivity index (χ0v) is 7.49. The molecule has 0 saturated carbocycles. The molecule has 3 rings (SSSR count). The second-order valence-corrected chi connectivity index (χ2v) is 3.30. The van der Waals surface area contributed by atoms with E-state index in [1.54, 1.807) is 0 Å². The lowest BCUT2D eigenvalue weighted by molar-refractivity contribution is 1.35. The second-order valence-electron chi connectivity index (χ2n) is 3.30. The first-order chi connectivity index (χ1) is 6.84. The van der Waals surface area contributed by atoms with E-state index in [-0.39, 0.29) is 0 Å². The number of nitrogens with zero attached hydrogens (tertiary/aromatic N) is 1. The average molecular weight is 183 g/mol. The number of rotatable bonds is 0. The Hall–Kier alpha value is -2.03. The van der Waals surface area contributed by atoms with E-state index in [1.807, 2.05) is 30.3 Å². The summed E-state index contributed by atoms with van der Waals surface area (Å²) in [5.74, 6) is 0.545. The molecule has 0 spiro atoms. The normalized spacial score (nSPS) is 11.1. The number of nitrogens with two attached hydrogens (primary N) is 1. The molecule has 2 heterocycles. The third kappa shape index (κ3) is 0.893. The lowest BCUT2D eigenvalue weighted by atomic mass is 10.2. The summed E-state index contributed by atoms with van der Waals surface area (Å²) < 4.78 is 0. The quantitative estimate of drug-likeness (QED) is 0.561. The van der Waals surface area contributed by atoms with Crippen LogP contribution in [0.4, 0.5) is 5.82 Å². The van der Waals surface area contributed by atoms with Crippen molar-refractivity contribution < 1.29 is 0 Å². The van der Waals surface area contributed by atoms with Crippen LogP contribution in [-0.4, -0.2) is 9.97 Å². The standard InChI is InChI=1S/C11H9N3/c12-10-6-5-8-7-3-1-2-4-9(7)13-11(8)14-10/h1-6H,(H3,12,13,14). The molecule has 3 N–H and O–H groups in total. The molecule has 68 valence electrons. The van der Waals surface area contributed by atoms with Crippen LogP contribution in [0.5, 0.6) is 0 Å². The topological polar surface area (TPSA) is 54.7 Å². The number of hydrogen-bond donors (Lipinski definition) is 2. The SMILES string of the molecule is Nc1ccc2c(n1)[nH]c1ccccc12. The molecule has 0 fully saturated rings. The van der Waals surface area contributed by atoms with E-state index in [2.05, 4.69) is 16.0 Å². The Bertz CT molecular complexity index is 610. The van der Waals surface area contributed by atoms with Crippen LogP contribution in [0.25, 0.3) is 21.9 Å². The van der Waals surface area contributed by atoms with Gasteiger partial charge in [0.15, 0.2) is 0 Å². The number of pyridine rings is 1. The number of para-hydroxylation sites is 1. The Morgan fingerprint density at radius 2 is 1.86 bits per heavy atom. The molecule has 0 aliphatic heterocycles. The lowest BCUT2D eigenvalue weighted by Crippen LogP contribution is -1.88. The summed E-state index contributed by atoms with van der Waals surface area (Å²) in [5.41, 5.74) is 7.57. The summed E-state index contributed by atoms with van der Waals surface area (Å²) in [7, 11) is 0. The number of fused-ring (bicyclic) bond motifs is 3. The molecule has 1 aromatic carbocycles. The van der Waals surface area contributed by atoms with Crippen molar-refractivity contribution in [3.05, 3.63) is 36.4 Å². The number of H-pyrrole nitrogens is 1. The molecule has 3 heteroatoms. The van der Waals surface area contributed by atoms with Crippen LogP contribution in [-0.2, 0) is 0 Å². The molecule has 0 amide bonds. The van der Waals surface area contributed by atoms with Gasteiger partial charge in [-0.2, -0.15) is 0 Å². The van der Waals surface area contributed by atoms with Gasteiger partial charge in [0.1, 0.15) is 11.5 Å². The van der Waals surface area contributed by atoms with E-state index in [0.717, 1.165) is 16.6 Å². The largest absolute Gasteiger partial charge is 0.384 e. The molecule has 0 radical (unpaired) electrons. The zero-order chi connectivity index (χ0) is 9.54. The molecule has 14 heavy (non-hydrogen) atoms. The molecule has 3 nitrogen and oxygen atoms in total. The number of nitrogen functional groups attached to an aromatic ring is 1. The van der Waals surface area contributed by atoms with Gasteiger partial charge in [0.2, 0.25) is 0 Å². The van der Waals surface area contributed by atoms with Crippen molar-refractivity contribution in [1.82, 2.24) is 9.97 Å². The van der Waals surface area contributed by atoms with E-state index < -0.39 is 0 Å². The van der Waals surface area contributed by atoms with Crippen molar-refractivity contribution in [2.75, 3.05) is 5.73 Å². The minimum Gasteiger partial charge on any atom is -0.384 e. The van der Waals surface area contributed by atoms with Gasteiger partial charge >= 0.3 is 0 Å². The maximum absolute atomic E-state index is 5.61. The molecular weight excluding hydrogens is 174 g/mol. The summed E-state index contributed by atoms with van der Waals surface area (Å²) in [5, 5.41) is 2.31. The van der Waals surface area contributed by atoms with Crippen molar-refractivity contribution in [2.45, 2.75) is 0 Å². The molecule has 2 aromatic heterocycles. The van der Waals surface area contributed by atoms with E-state index in [0.29, 0.717) is 5.82 Å². The fourth-order valence-electron chi connectivity index (χ4n) is 1.74. The lowest BCUT2D eigenvalue weighted by Gasteiger charge is -1.91. The Balaban J connectivity index is 2.57. The number of hydrogen-bond acceptors (Lipinski definition) is 2.